The molecule has 2 aromatic carbocycles. The van der Waals surface area contributed by atoms with Gasteiger partial charge in [0.15, 0.2) is 0 Å². The summed E-state index contributed by atoms with van der Waals surface area (Å²) in [4.78, 5) is 5.31. The number of nitrogens with one attached hydrogen (secondary N) is 2. The fraction of sp³-hybridized carbons (Fsp3) is 0.250. The van der Waals surface area contributed by atoms with Gasteiger partial charge in [-0.05, 0) is 89.0 Å². The Morgan fingerprint density at radius 3 is 2.77 bits per heavy atom. The van der Waals surface area contributed by atoms with Crippen molar-refractivity contribution in [3.8, 4) is 0 Å². The summed E-state index contributed by atoms with van der Waals surface area (Å²) in [6, 6.07) is 13.3. The van der Waals surface area contributed by atoms with Crippen LogP contribution in [-0.2, 0) is 6.42 Å². The van der Waals surface area contributed by atoms with E-state index in [1.54, 1.807) is 11.9 Å². The lowest BCUT2D eigenvalue weighted by Gasteiger charge is -2.15. The fourth-order valence-electron chi connectivity index (χ4n) is 2.57. The second kappa shape index (κ2) is 9.46. The highest BCUT2D eigenvalue weighted by atomic mass is 79.9. The van der Waals surface area contributed by atoms with Crippen molar-refractivity contribution in [3.63, 3.8) is 0 Å². The molecule has 0 unspecified atom stereocenters. The SMILES string of the molecule is C[C@H](CNCCc1ccc(F)cc1)NSc1cc2ccncc2cc1Br. The quantitative estimate of drug-likeness (QED) is 0.389. The van der Waals surface area contributed by atoms with Crippen molar-refractivity contribution in [1.29, 1.82) is 0 Å². The first kappa shape index (κ1) is 19.3. The number of rotatable bonds is 8. The van der Waals surface area contributed by atoms with Gasteiger partial charge >= 0.3 is 0 Å². The number of halogens is 2. The topological polar surface area (TPSA) is 37.0 Å². The minimum Gasteiger partial charge on any atom is -0.315 e. The Labute approximate surface area is 166 Å². The molecule has 136 valence electrons. The van der Waals surface area contributed by atoms with Gasteiger partial charge in [-0.3, -0.25) is 9.71 Å². The molecule has 3 rings (SSSR count). The molecule has 0 saturated heterocycles. The molecule has 0 radical (unpaired) electrons. The van der Waals surface area contributed by atoms with Gasteiger partial charge in [0.25, 0.3) is 0 Å². The van der Waals surface area contributed by atoms with Crippen LogP contribution in [0.15, 0.2) is 64.2 Å². The molecular formula is C20H21BrFN3S. The van der Waals surface area contributed by atoms with Gasteiger partial charge in [-0.2, -0.15) is 0 Å². The molecule has 0 aliphatic heterocycles. The van der Waals surface area contributed by atoms with Crippen molar-refractivity contribution < 1.29 is 4.39 Å². The van der Waals surface area contributed by atoms with Crippen LogP contribution in [-0.4, -0.2) is 24.1 Å². The molecule has 3 nitrogen and oxygen atoms in total. The minimum atomic E-state index is -0.187. The van der Waals surface area contributed by atoms with Crippen molar-refractivity contribution in [2.24, 2.45) is 0 Å². The maximum absolute atomic E-state index is 12.9. The van der Waals surface area contributed by atoms with Gasteiger partial charge in [-0.15, -0.1) is 0 Å². The molecular weight excluding hydrogens is 413 g/mol. The van der Waals surface area contributed by atoms with E-state index in [1.165, 1.54) is 17.5 Å². The lowest BCUT2D eigenvalue weighted by Crippen LogP contribution is -2.33. The summed E-state index contributed by atoms with van der Waals surface area (Å²) in [6.07, 6.45) is 4.58. The Balaban J connectivity index is 1.43. The smallest absolute Gasteiger partial charge is 0.123 e. The van der Waals surface area contributed by atoms with E-state index in [-0.39, 0.29) is 5.82 Å². The van der Waals surface area contributed by atoms with Gasteiger partial charge in [-0.25, -0.2) is 4.39 Å². The molecule has 1 atom stereocenters. The molecule has 3 aromatic rings. The molecule has 0 amide bonds. The molecule has 0 aliphatic carbocycles. The van der Waals surface area contributed by atoms with E-state index >= 15 is 0 Å². The Kier molecular flexibility index (Phi) is 7.02. The summed E-state index contributed by atoms with van der Waals surface area (Å²) in [5.41, 5.74) is 1.14. The van der Waals surface area contributed by atoms with Crippen LogP contribution < -0.4 is 10.0 Å². The van der Waals surface area contributed by atoms with Gasteiger partial charge in [0.1, 0.15) is 5.82 Å². The van der Waals surface area contributed by atoms with Crippen LogP contribution in [0.4, 0.5) is 4.39 Å². The number of pyridine rings is 1. The molecule has 0 saturated carbocycles. The third kappa shape index (κ3) is 5.51. The van der Waals surface area contributed by atoms with E-state index in [0.717, 1.165) is 39.8 Å². The predicted molar refractivity (Wildman–Crippen MR) is 111 cm³/mol. The Morgan fingerprint density at radius 2 is 1.96 bits per heavy atom. The largest absolute Gasteiger partial charge is 0.315 e. The van der Waals surface area contributed by atoms with Crippen molar-refractivity contribution in [2.75, 3.05) is 13.1 Å². The molecule has 26 heavy (non-hydrogen) atoms. The molecule has 0 fully saturated rings. The molecule has 0 aliphatic rings. The monoisotopic (exact) mass is 433 g/mol. The van der Waals surface area contributed by atoms with E-state index in [9.17, 15) is 4.39 Å². The normalized spacial score (nSPS) is 12.4. The predicted octanol–water partition coefficient (Wildman–Crippen LogP) is 4.95. The van der Waals surface area contributed by atoms with Crippen LogP contribution in [0.5, 0.6) is 0 Å². The first-order chi connectivity index (χ1) is 12.6. The third-order valence-electron chi connectivity index (χ3n) is 4.02. The van der Waals surface area contributed by atoms with Crippen LogP contribution >= 0.6 is 27.9 Å². The third-order valence-corrected chi connectivity index (χ3v) is 6.01. The number of fused-ring (bicyclic) bond motifs is 1. The average molecular weight is 434 g/mol. The number of aromatic nitrogens is 1. The van der Waals surface area contributed by atoms with Gasteiger partial charge in [0, 0.05) is 39.7 Å². The highest BCUT2D eigenvalue weighted by Gasteiger charge is 2.07. The summed E-state index contributed by atoms with van der Waals surface area (Å²) in [6.45, 7) is 3.88. The van der Waals surface area contributed by atoms with Crippen LogP contribution in [0.25, 0.3) is 10.8 Å². The van der Waals surface area contributed by atoms with Gasteiger partial charge in [0.2, 0.25) is 0 Å². The molecule has 1 aromatic heterocycles. The minimum absolute atomic E-state index is 0.187. The van der Waals surface area contributed by atoms with E-state index in [2.05, 4.69) is 50.0 Å². The Bertz CT molecular complexity index is 857. The van der Waals surface area contributed by atoms with E-state index < -0.39 is 0 Å². The van der Waals surface area contributed by atoms with E-state index in [4.69, 9.17) is 0 Å². The maximum Gasteiger partial charge on any atom is 0.123 e. The summed E-state index contributed by atoms with van der Waals surface area (Å²) >= 11 is 5.26. The second-order valence-electron chi connectivity index (χ2n) is 6.21. The molecule has 1 heterocycles. The van der Waals surface area contributed by atoms with Crippen molar-refractivity contribution >= 4 is 38.7 Å². The lowest BCUT2D eigenvalue weighted by atomic mass is 10.1. The van der Waals surface area contributed by atoms with Gasteiger partial charge in [-0.1, -0.05) is 12.1 Å². The zero-order valence-corrected chi connectivity index (χ0v) is 16.9. The van der Waals surface area contributed by atoms with Gasteiger partial charge in [0.05, 0.1) is 0 Å². The fourth-order valence-corrected chi connectivity index (χ4v) is 3.93. The summed E-state index contributed by atoms with van der Waals surface area (Å²) < 4.78 is 17.4. The Morgan fingerprint density at radius 1 is 1.15 bits per heavy atom. The molecule has 0 spiro atoms. The maximum atomic E-state index is 12.9. The highest BCUT2D eigenvalue weighted by molar-refractivity contribution is 9.10. The van der Waals surface area contributed by atoms with Crippen molar-refractivity contribution in [3.05, 3.63) is 70.7 Å². The lowest BCUT2D eigenvalue weighted by molar-refractivity contribution is 0.585. The van der Waals surface area contributed by atoms with E-state index in [1.807, 2.05) is 30.6 Å². The zero-order valence-electron chi connectivity index (χ0n) is 14.5. The summed E-state index contributed by atoms with van der Waals surface area (Å²) in [5.74, 6) is -0.187. The van der Waals surface area contributed by atoms with Crippen molar-refractivity contribution in [2.45, 2.75) is 24.3 Å². The first-order valence-electron chi connectivity index (χ1n) is 8.52. The number of nitrogens with zero attached hydrogens (tertiary/aromatic N) is 1. The first-order valence-corrected chi connectivity index (χ1v) is 10.1. The molecule has 0 bridgehead atoms. The Hall–Kier alpha value is -1.47. The number of benzene rings is 2. The van der Waals surface area contributed by atoms with Crippen LogP contribution in [0.2, 0.25) is 0 Å². The average Bonchev–Trinajstić information content (AvgIpc) is 2.65. The van der Waals surface area contributed by atoms with Crippen molar-refractivity contribution in [1.82, 2.24) is 15.0 Å². The van der Waals surface area contributed by atoms with Crippen LogP contribution in [0.1, 0.15) is 12.5 Å². The second-order valence-corrected chi connectivity index (χ2v) is 7.94. The van der Waals surface area contributed by atoms with Crippen LogP contribution in [0.3, 0.4) is 0 Å². The number of hydrogen-bond donors (Lipinski definition) is 2. The zero-order chi connectivity index (χ0) is 18.4. The molecule has 2 N–H and O–H groups in total. The summed E-state index contributed by atoms with van der Waals surface area (Å²) in [7, 11) is 0. The number of hydrogen-bond acceptors (Lipinski definition) is 4. The van der Waals surface area contributed by atoms with Crippen LogP contribution in [0, 0.1) is 5.82 Å². The van der Waals surface area contributed by atoms with E-state index in [0.29, 0.717) is 6.04 Å². The summed E-state index contributed by atoms with van der Waals surface area (Å²) in [5, 5.41) is 5.74. The highest BCUT2D eigenvalue weighted by Crippen LogP contribution is 2.30. The molecule has 6 heteroatoms. The van der Waals surface area contributed by atoms with Gasteiger partial charge < -0.3 is 5.32 Å². The standard InChI is InChI=1S/C20H21BrFN3S/c1-14(12-23-8-6-15-2-4-18(22)5-3-15)25-26-20-11-16-7-9-24-13-17(16)10-19(20)21/h2-5,7,9-11,13-14,23,25H,6,8,12H2,1H3/t14-/m1/s1.